The molecule has 0 heteroatoms. The van der Waals surface area contributed by atoms with Gasteiger partial charge in [0, 0.05) is 11.8 Å². The topological polar surface area (TPSA) is 0 Å². The van der Waals surface area contributed by atoms with Crippen molar-refractivity contribution in [3.05, 3.63) is 58.7 Å². The quantitative estimate of drug-likeness (QED) is 0.657. The van der Waals surface area contributed by atoms with E-state index in [1.165, 1.54) is 11.1 Å². The largest absolute Gasteiger partial charge is 0.0622 e. The SMILES string of the molecule is CC1[C]=C2C(C(C)(C)C)=C1C2c1ccccc1. The summed E-state index contributed by atoms with van der Waals surface area (Å²) in [6, 6.07) is 10.8. The number of hydrogen-bond donors (Lipinski definition) is 0. The van der Waals surface area contributed by atoms with E-state index in [4.69, 9.17) is 0 Å². The molecule has 0 heterocycles. The first kappa shape index (κ1) is 10.8. The second-order valence-electron chi connectivity index (χ2n) is 6.20. The standard InChI is InChI=1S/C17H19/c1-11-10-13-15(12-8-6-5-7-9-12)14(11)16(13)17(2,3)4/h5-9,11,15H,1-4H3. The highest BCUT2D eigenvalue weighted by Crippen LogP contribution is 2.61. The zero-order valence-corrected chi connectivity index (χ0v) is 11.0. The van der Waals surface area contributed by atoms with Gasteiger partial charge in [0.05, 0.1) is 0 Å². The molecule has 3 aliphatic carbocycles. The Hall–Kier alpha value is -1.30. The van der Waals surface area contributed by atoms with Gasteiger partial charge in [0.15, 0.2) is 0 Å². The van der Waals surface area contributed by atoms with Gasteiger partial charge in [0.25, 0.3) is 0 Å². The fourth-order valence-corrected chi connectivity index (χ4v) is 3.28. The summed E-state index contributed by atoms with van der Waals surface area (Å²) in [5, 5.41) is 0. The van der Waals surface area contributed by atoms with Crippen LogP contribution in [0.5, 0.6) is 0 Å². The molecule has 0 saturated carbocycles. The third kappa shape index (κ3) is 1.43. The zero-order valence-electron chi connectivity index (χ0n) is 11.0. The third-order valence-electron chi connectivity index (χ3n) is 3.88. The van der Waals surface area contributed by atoms with E-state index >= 15 is 0 Å². The molecule has 4 rings (SSSR count). The summed E-state index contributed by atoms with van der Waals surface area (Å²) in [5.74, 6) is 1.06. The van der Waals surface area contributed by atoms with E-state index in [-0.39, 0.29) is 5.41 Å². The van der Waals surface area contributed by atoms with Crippen LogP contribution in [0.4, 0.5) is 0 Å². The molecule has 1 aromatic rings. The van der Waals surface area contributed by atoms with Gasteiger partial charge in [-0.05, 0) is 33.8 Å². The molecule has 0 nitrogen and oxygen atoms in total. The molecular formula is C17H19. The molecule has 0 fully saturated rings. The van der Waals surface area contributed by atoms with Crippen LogP contribution in [0.3, 0.4) is 0 Å². The fraction of sp³-hybridized carbons (Fsp3) is 0.412. The van der Waals surface area contributed by atoms with Gasteiger partial charge >= 0.3 is 0 Å². The van der Waals surface area contributed by atoms with E-state index in [9.17, 15) is 0 Å². The highest BCUT2D eigenvalue weighted by atomic mass is 14.5. The minimum absolute atomic E-state index is 0.272. The van der Waals surface area contributed by atoms with E-state index in [1.807, 2.05) is 0 Å². The van der Waals surface area contributed by atoms with E-state index < -0.39 is 0 Å². The maximum atomic E-state index is 3.64. The van der Waals surface area contributed by atoms with Crippen molar-refractivity contribution in [2.45, 2.75) is 33.6 Å². The Bertz CT molecular complexity index is 509. The lowest BCUT2D eigenvalue weighted by Gasteiger charge is -2.40. The van der Waals surface area contributed by atoms with Crippen LogP contribution in [-0.4, -0.2) is 0 Å². The predicted molar refractivity (Wildman–Crippen MR) is 71.6 cm³/mol. The summed E-state index contributed by atoms with van der Waals surface area (Å²) in [6.45, 7) is 9.20. The minimum Gasteiger partial charge on any atom is -0.0622 e. The Morgan fingerprint density at radius 1 is 1.06 bits per heavy atom. The molecule has 87 valence electrons. The normalized spacial score (nSPS) is 26.9. The van der Waals surface area contributed by atoms with Crippen LogP contribution in [0.1, 0.15) is 39.2 Å². The molecule has 0 spiro atoms. The Kier molecular flexibility index (Phi) is 2.13. The molecule has 2 atom stereocenters. The van der Waals surface area contributed by atoms with Gasteiger partial charge in [0.2, 0.25) is 0 Å². The second-order valence-corrected chi connectivity index (χ2v) is 6.20. The Morgan fingerprint density at radius 2 is 1.71 bits per heavy atom. The number of benzene rings is 1. The molecule has 0 aromatic heterocycles. The smallest absolute Gasteiger partial charge is 0.0317 e. The molecule has 2 bridgehead atoms. The van der Waals surface area contributed by atoms with Crippen LogP contribution >= 0.6 is 0 Å². The van der Waals surface area contributed by atoms with Gasteiger partial charge in [-0.25, -0.2) is 0 Å². The first-order valence-corrected chi connectivity index (χ1v) is 6.43. The summed E-state index contributed by atoms with van der Waals surface area (Å²) in [6.07, 6.45) is 3.64. The van der Waals surface area contributed by atoms with E-state index in [2.05, 4.69) is 64.1 Å². The van der Waals surface area contributed by atoms with Crippen LogP contribution in [0.15, 0.2) is 47.1 Å². The van der Waals surface area contributed by atoms with Crippen LogP contribution < -0.4 is 0 Å². The van der Waals surface area contributed by atoms with Crippen molar-refractivity contribution >= 4 is 0 Å². The fourth-order valence-electron chi connectivity index (χ4n) is 3.28. The van der Waals surface area contributed by atoms with Crippen LogP contribution in [0.2, 0.25) is 0 Å². The van der Waals surface area contributed by atoms with Gasteiger partial charge in [0.1, 0.15) is 0 Å². The van der Waals surface area contributed by atoms with Crippen molar-refractivity contribution in [1.29, 1.82) is 0 Å². The highest BCUT2D eigenvalue weighted by molar-refractivity contribution is 5.66. The van der Waals surface area contributed by atoms with Crippen LogP contribution in [0, 0.1) is 17.4 Å². The van der Waals surface area contributed by atoms with E-state index in [0.717, 1.165) is 0 Å². The Labute approximate surface area is 104 Å². The maximum absolute atomic E-state index is 3.64. The molecule has 0 N–H and O–H groups in total. The number of hydrogen-bond acceptors (Lipinski definition) is 0. The lowest BCUT2D eigenvalue weighted by atomic mass is 9.64. The van der Waals surface area contributed by atoms with E-state index in [1.54, 1.807) is 11.1 Å². The van der Waals surface area contributed by atoms with E-state index in [0.29, 0.717) is 11.8 Å². The monoisotopic (exact) mass is 223 g/mol. The molecule has 0 aliphatic heterocycles. The average molecular weight is 223 g/mol. The Morgan fingerprint density at radius 3 is 2.18 bits per heavy atom. The van der Waals surface area contributed by atoms with Crippen molar-refractivity contribution in [2.75, 3.05) is 0 Å². The summed E-state index contributed by atoms with van der Waals surface area (Å²) < 4.78 is 0. The average Bonchev–Trinajstić information content (AvgIpc) is 2.72. The number of allylic oxidation sites excluding steroid dienone is 4. The first-order valence-electron chi connectivity index (χ1n) is 6.43. The van der Waals surface area contributed by atoms with Crippen LogP contribution in [0.25, 0.3) is 0 Å². The van der Waals surface area contributed by atoms with Crippen molar-refractivity contribution < 1.29 is 0 Å². The predicted octanol–water partition coefficient (Wildman–Crippen LogP) is 4.51. The molecule has 0 saturated heterocycles. The molecular weight excluding hydrogens is 204 g/mol. The first-order chi connectivity index (χ1) is 8.00. The number of fused-ring (bicyclic) bond motifs is 1. The molecule has 0 amide bonds. The van der Waals surface area contributed by atoms with Gasteiger partial charge in [-0.2, -0.15) is 0 Å². The minimum atomic E-state index is 0.272. The lowest BCUT2D eigenvalue weighted by molar-refractivity contribution is 0.476. The number of rotatable bonds is 1. The zero-order chi connectivity index (χ0) is 12.2. The van der Waals surface area contributed by atoms with Gasteiger partial charge in [-0.15, -0.1) is 0 Å². The summed E-state index contributed by atoms with van der Waals surface area (Å²) in [5.41, 5.74) is 6.35. The molecule has 1 radical (unpaired) electrons. The Balaban J connectivity index is 2.05. The van der Waals surface area contributed by atoms with Crippen molar-refractivity contribution in [2.24, 2.45) is 11.3 Å². The molecule has 3 aliphatic rings. The third-order valence-corrected chi connectivity index (χ3v) is 3.88. The van der Waals surface area contributed by atoms with Crippen LogP contribution in [-0.2, 0) is 0 Å². The maximum Gasteiger partial charge on any atom is 0.0317 e. The highest BCUT2D eigenvalue weighted by Gasteiger charge is 2.47. The van der Waals surface area contributed by atoms with Gasteiger partial charge < -0.3 is 0 Å². The molecule has 17 heavy (non-hydrogen) atoms. The summed E-state index contributed by atoms with van der Waals surface area (Å²) >= 11 is 0. The van der Waals surface area contributed by atoms with Crippen molar-refractivity contribution in [3.8, 4) is 0 Å². The lowest BCUT2D eigenvalue weighted by Crippen LogP contribution is -2.26. The van der Waals surface area contributed by atoms with Crippen molar-refractivity contribution in [3.63, 3.8) is 0 Å². The molecule has 1 aromatic carbocycles. The van der Waals surface area contributed by atoms with Gasteiger partial charge in [-0.1, -0.05) is 58.0 Å². The van der Waals surface area contributed by atoms with Gasteiger partial charge in [-0.3, -0.25) is 0 Å². The second kappa shape index (κ2) is 3.35. The molecule has 2 unspecified atom stereocenters. The summed E-state index contributed by atoms with van der Waals surface area (Å²) in [4.78, 5) is 0. The summed E-state index contributed by atoms with van der Waals surface area (Å²) in [7, 11) is 0. The van der Waals surface area contributed by atoms with Crippen molar-refractivity contribution in [1.82, 2.24) is 0 Å².